The lowest BCUT2D eigenvalue weighted by molar-refractivity contribution is 0.0679. The molecule has 0 aromatic carbocycles. The number of hydrogen-bond acceptors (Lipinski definition) is 4. The smallest absolute Gasteiger partial charge is 0.0948 e. The van der Waals surface area contributed by atoms with Gasteiger partial charge in [0.25, 0.3) is 0 Å². The van der Waals surface area contributed by atoms with Gasteiger partial charge in [0.1, 0.15) is 0 Å². The van der Waals surface area contributed by atoms with Crippen molar-refractivity contribution in [2.75, 3.05) is 40.0 Å². The van der Waals surface area contributed by atoms with Gasteiger partial charge in [-0.2, -0.15) is 0 Å². The number of nitrogens with zero attached hydrogens (tertiary/aromatic N) is 2. The second kappa shape index (κ2) is 7.03. The van der Waals surface area contributed by atoms with Crippen LogP contribution in [0.1, 0.15) is 25.5 Å². The van der Waals surface area contributed by atoms with Gasteiger partial charge in [0.05, 0.1) is 19.5 Å². The van der Waals surface area contributed by atoms with Crippen LogP contribution in [0.15, 0.2) is 12.5 Å². The van der Waals surface area contributed by atoms with Gasteiger partial charge in [-0.15, -0.1) is 0 Å². The normalized spacial score (nSPS) is 23.1. The van der Waals surface area contributed by atoms with Crippen molar-refractivity contribution in [1.82, 2.24) is 14.9 Å². The number of ether oxygens (including phenoxy) is 2. The number of imidazole rings is 1. The lowest BCUT2D eigenvalue weighted by Crippen LogP contribution is -2.28. The first-order valence-corrected chi connectivity index (χ1v) is 7.04. The monoisotopic (exact) mass is 267 g/mol. The number of nitrogens with one attached hydrogen (secondary N) is 1. The van der Waals surface area contributed by atoms with Crippen LogP contribution in [-0.4, -0.2) is 49.6 Å². The number of rotatable bonds is 8. The van der Waals surface area contributed by atoms with Crippen molar-refractivity contribution in [3.05, 3.63) is 18.2 Å². The largest absolute Gasteiger partial charge is 0.382 e. The Morgan fingerprint density at radius 3 is 3.05 bits per heavy atom. The van der Waals surface area contributed by atoms with Gasteiger partial charge >= 0.3 is 0 Å². The molecule has 1 aliphatic heterocycles. The second-order valence-corrected chi connectivity index (χ2v) is 5.42. The molecule has 0 aliphatic carbocycles. The molecule has 1 aromatic rings. The summed E-state index contributed by atoms with van der Waals surface area (Å²) in [7, 11) is 1.69. The highest BCUT2D eigenvalue weighted by atomic mass is 16.5. The van der Waals surface area contributed by atoms with E-state index in [1.807, 2.05) is 12.5 Å². The molecule has 2 rings (SSSR count). The lowest BCUT2D eigenvalue weighted by Gasteiger charge is -2.24. The van der Waals surface area contributed by atoms with E-state index in [0.29, 0.717) is 13.2 Å². The Morgan fingerprint density at radius 2 is 2.32 bits per heavy atom. The third-order valence-electron chi connectivity index (χ3n) is 3.82. The molecule has 1 aliphatic rings. The quantitative estimate of drug-likeness (QED) is 0.719. The van der Waals surface area contributed by atoms with E-state index in [1.165, 1.54) is 12.1 Å². The van der Waals surface area contributed by atoms with Gasteiger partial charge in [-0.25, -0.2) is 4.98 Å². The summed E-state index contributed by atoms with van der Waals surface area (Å²) in [5, 5.41) is 3.44. The molecule has 0 bridgehead atoms. The van der Waals surface area contributed by atoms with Gasteiger partial charge in [0.15, 0.2) is 0 Å². The molecule has 1 N–H and O–H groups in total. The molecule has 0 spiro atoms. The van der Waals surface area contributed by atoms with Crippen LogP contribution in [0.25, 0.3) is 0 Å². The molecule has 1 aromatic heterocycles. The second-order valence-electron chi connectivity index (χ2n) is 5.42. The Kier molecular flexibility index (Phi) is 5.36. The maximum Gasteiger partial charge on any atom is 0.0948 e. The van der Waals surface area contributed by atoms with Crippen molar-refractivity contribution in [2.24, 2.45) is 0 Å². The summed E-state index contributed by atoms with van der Waals surface area (Å²) in [5.74, 6) is 0. The van der Waals surface area contributed by atoms with Gasteiger partial charge in [-0.1, -0.05) is 6.92 Å². The number of aromatic nitrogens is 2. The molecule has 0 radical (unpaired) electrons. The SMILES string of the molecule is COCCOCCCn1cncc1C1(C)CCNC1. The average molecular weight is 267 g/mol. The summed E-state index contributed by atoms with van der Waals surface area (Å²) < 4.78 is 12.7. The van der Waals surface area contributed by atoms with E-state index in [4.69, 9.17) is 9.47 Å². The zero-order valence-electron chi connectivity index (χ0n) is 12.0. The number of aryl methyl sites for hydroxylation is 1. The lowest BCUT2D eigenvalue weighted by atomic mass is 9.86. The summed E-state index contributed by atoms with van der Waals surface area (Å²) in [6.45, 7) is 7.54. The first-order chi connectivity index (χ1) is 9.26. The maximum atomic E-state index is 5.49. The molecule has 1 unspecified atom stereocenters. The summed E-state index contributed by atoms with van der Waals surface area (Å²) in [6.07, 6.45) is 6.15. The summed E-state index contributed by atoms with van der Waals surface area (Å²) >= 11 is 0. The number of methoxy groups -OCH3 is 1. The topological polar surface area (TPSA) is 48.3 Å². The van der Waals surface area contributed by atoms with E-state index in [-0.39, 0.29) is 5.41 Å². The molecule has 0 amide bonds. The molecular formula is C14H25N3O2. The van der Waals surface area contributed by atoms with E-state index in [2.05, 4.69) is 21.8 Å². The number of hydrogen-bond donors (Lipinski definition) is 1. The van der Waals surface area contributed by atoms with E-state index in [0.717, 1.165) is 32.7 Å². The minimum atomic E-state index is 0.230. The van der Waals surface area contributed by atoms with Gasteiger partial charge in [0.2, 0.25) is 0 Å². The van der Waals surface area contributed by atoms with Crippen LogP contribution in [0, 0.1) is 0 Å². The average Bonchev–Trinajstić information content (AvgIpc) is 3.03. The zero-order valence-corrected chi connectivity index (χ0v) is 12.0. The summed E-state index contributed by atoms with van der Waals surface area (Å²) in [4.78, 5) is 4.31. The van der Waals surface area contributed by atoms with E-state index in [9.17, 15) is 0 Å². The van der Waals surface area contributed by atoms with E-state index in [1.54, 1.807) is 7.11 Å². The van der Waals surface area contributed by atoms with Crippen LogP contribution >= 0.6 is 0 Å². The molecule has 5 heteroatoms. The fourth-order valence-electron chi connectivity index (χ4n) is 2.62. The standard InChI is InChI=1S/C14H25N3O2/c1-14(4-5-15-11-14)13-10-16-12-17(13)6-3-7-19-9-8-18-2/h10,12,15H,3-9,11H2,1-2H3. The van der Waals surface area contributed by atoms with E-state index < -0.39 is 0 Å². The molecule has 0 saturated carbocycles. The molecule has 5 nitrogen and oxygen atoms in total. The Labute approximate surface area is 115 Å². The third kappa shape index (κ3) is 3.78. The summed E-state index contributed by atoms with van der Waals surface area (Å²) in [6, 6.07) is 0. The molecule has 2 heterocycles. The van der Waals surface area contributed by atoms with Crippen LogP contribution in [0.2, 0.25) is 0 Å². The molecule has 1 atom stereocenters. The van der Waals surface area contributed by atoms with Gasteiger partial charge in [-0.05, 0) is 19.4 Å². The van der Waals surface area contributed by atoms with Crippen molar-refractivity contribution in [3.63, 3.8) is 0 Å². The first-order valence-electron chi connectivity index (χ1n) is 7.04. The first kappa shape index (κ1) is 14.5. The van der Waals surface area contributed by atoms with Crippen LogP contribution in [0.5, 0.6) is 0 Å². The Balaban J connectivity index is 1.79. The third-order valence-corrected chi connectivity index (χ3v) is 3.82. The molecular weight excluding hydrogens is 242 g/mol. The van der Waals surface area contributed by atoms with Crippen molar-refractivity contribution in [3.8, 4) is 0 Å². The Bertz CT molecular complexity index is 373. The van der Waals surface area contributed by atoms with Crippen molar-refractivity contribution < 1.29 is 9.47 Å². The minimum absolute atomic E-state index is 0.230. The molecule has 108 valence electrons. The zero-order chi connectivity index (χ0) is 13.6. The molecule has 1 fully saturated rings. The van der Waals surface area contributed by atoms with Crippen LogP contribution < -0.4 is 5.32 Å². The predicted molar refractivity (Wildman–Crippen MR) is 74.4 cm³/mol. The highest BCUT2D eigenvalue weighted by Gasteiger charge is 2.33. The van der Waals surface area contributed by atoms with Gasteiger partial charge in [-0.3, -0.25) is 0 Å². The van der Waals surface area contributed by atoms with Gasteiger partial charge in [0, 0.05) is 44.1 Å². The van der Waals surface area contributed by atoms with Crippen molar-refractivity contribution in [1.29, 1.82) is 0 Å². The van der Waals surface area contributed by atoms with Crippen LogP contribution in [-0.2, 0) is 21.4 Å². The molecule has 19 heavy (non-hydrogen) atoms. The van der Waals surface area contributed by atoms with Crippen molar-refractivity contribution >= 4 is 0 Å². The fraction of sp³-hybridized carbons (Fsp3) is 0.786. The highest BCUT2D eigenvalue weighted by Crippen LogP contribution is 2.29. The Morgan fingerprint density at radius 1 is 1.42 bits per heavy atom. The van der Waals surface area contributed by atoms with Crippen LogP contribution in [0.3, 0.4) is 0 Å². The highest BCUT2D eigenvalue weighted by molar-refractivity contribution is 5.17. The Hall–Kier alpha value is -0.910. The van der Waals surface area contributed by atoms with E-state index >= 15 is 0 Å². The summed E-state index contributed by atoms with van der Waals surface area (Å²) in [5.41, 5.74) is 1.57. The maximum absolute atomic E-state index is 5.49. The fourth-order valence-corrected chi connectivity index (χ4v) is 2.62. The molecule has 1 saturated heterocycles. The van der Waals surface area contributed by atoms with Crippen molar-refractivity contribution in [2.45, 2.75) is 31.7 Å². The van der Waals surface area contributed by atoms with Crippen LogP contribution in [0.4, 0.5) is 0 Å². The van der Waals surface area contributed by atoms with Gasteiger partial charge < -0.3 is 19.4 Å². The minimum Gasteiger partial charge on any atom is -0.382 e. The predicted octanol–water partition coefficient (Wildman–Crippen LogP) is 1.19.